The molecular formula is C15H18N2O2S2. The summed E-state index contributed by atoms with van der Waals surface area (Å²) in [4.78, 5) is 5.80. The highest BCUT2D eigenvalue weighted by Gasteiger charge is 2.07. The SMILES string of the molecule is CCCNc1cccc(Sc2ccc(S(C)(=O)=O)cc2)n1. The smallest absolute Gasteiger partial charge is 0.175 e. The number of nitrogens with zero attached hydrogens (tertiary/aromatic N) is 1. The third kappa shape index (κ3) is 4.75. The Morgan fingerprint density at radius 1 is 1.14 bits per heavy atom. The molecule has 0 amide bonds. The summed E-state index contributed by atoms with van der Waals surface area (Å²) in [5.74, 6) is 0.856. The molecular weight excluding hydrogens is 304 g/mol. The van der Waals surface area contributed by atoms with Gasteiger partial charge in [0.1, 0.15) is 10.8 Å². The first-order valence-electron chi connectivity index (χ1n) is 6.68. The van der Waals surface area contributed by atoms with Crippen LogP contribution in [0.2, 0.25) is 0 Å². The van der Waals surface area contributed by atoms with E-state index in [2.05, 4.69) is 17.2 Å². The predicted octanol–water partition coefficient (Wildman–Crippen LogP) is 3.46. The maximum atomic E-state index is 11.4. The first kappa shape index (κ1) is 15.9. The van der Waals surface area contributed by atoms with Crippen molar-refractivity contribution >= 4 is 27.4 Å². The minimum atomic E-state index is -3.14. The second-order valence-electron chi connectivity index (χ2n) is 4.63. The fourth-order valence-corrected chi connectivity index (χ4v) is 3.13. The minimum absolute atomic E-state index is 0.332. The number of rotatable bonds is 6. The molecule has 0 radical (unpaired) electrons. The fourth-order valence-electron chi connectivity index (χ4n) is 1.70. The summed E-state index contributed by atoms with van der Waals surface area (Å²) in [6.07, 6.45) is 2.26. The van der Waals surface area contributed by atoms with E-state index in [4.69, 9.17) is 0 Å². The second-order valence-corrected chi connectivity index (χ2v) is 7.74. The van der Waals surface area contributed by atoms with E-state index < -0.39 is 9.84 Å². The Hall–Kier alpha value is -1.53. The van der Waals surface area contributed by atoms with Crippen molar-refractivity contribution in [3.05, 3.63) is 42.5 Å². The quantitative estimate of drug-likeness (QED) is 0.882. The van der Waals surface area contributed by atoms with E-state index in [0.29, 0.717) is 4.90 Å². The largest absolute Gasteiger partial charge is 0.370 e. The van der Waals surface area contributed by atoms with Gasteiger partial charge in [0.05, 0.1) is 4.90 Å². The standard InChI is InChI=1S/C15H18N2O2S2/c1-3-11-16-14-5-4-6-15(17-14)20-12-7-9-13(10-8-12)21(2,18)19/h4-10H,3,11H2,1-2H3,(H,16,17). The van der Waals surface area contributed by atoms with Crippen molar-refractivity contribution in [1.82, 2.24) is 4.98 Å². The van der Waals surface area contributed by atoms with Crippen LogP contribution < -0.4 is 5.32 Å². The number of aromatic nitrogens is 1. The Kier molecular flexibility index (Phi) is 5.25. The molecule has 1 aromatic carbocycles. The Morgan fingerprint density at radius 3 is 2.48 bits per heavy atom. The van der Waals surface area contributed by atoms with Crippen molar-refractivity contribution < 1.29 is 8.42 Å². The van der Waals surface area contributed by atoms with E-state index in [9.17, 15) is 8.42 Å². The van der Waals surface area contributed by atoms with Gasteiger partial charge in [-0.25, -0.2) is 13.4 Å². The normalized spacial score (nSPS) is 11.3. The number of hydrogen-bond donors (Lipinski definition) is 1. The third-order valence-corrected chi connectivity index (χ3v) is 4.83. The second kappa shape index (κ2) is 6.95. The van der Waals surface area contributed by atoms with Crippen molar-refractivity contribution in [1.29, 1.82) is 0 Å². The van der Waals surface area contributed by atoms with Crippen LogP contribution >= 0.6 is 11.8 Å². The van der Waals surface area contributed by atoms with Crippen molar-refractivity contribution in [2.75, 3.05) is 18.1 Å². The van der Waals surface area contributed by atoms with Crippen LogP contribution in [0.25, 0.3) is 0 Å². The first-order chi connectivity index (χ1) is 9.99. The van der Waals surface area contributed by atoms with Gasteiger partial charge in [-0.05, 0) is 42.8 Å². The van der Waals surface area contributed by atoms with Crippen LogP contribution in [0.1, 0.15) is 13.3 Å². The molecule has 0 saturated carbocycles. The molecule has 0 aliphatic carbocycles. The molecule has 0 fully saturated rings. The molecule has 4 nitrogen and oxygen atoms in total. The predicted molar refractivity (Wildman–Crippen MR) is 86.7 cm³/mol. The maximum Gasteiger partial charge on any atom is 0.175 e. The van der Waals surface area contributed by atoms with Crippen molar-refractivity contribution in [3.8, 4) is 0 Å². The van der Waals surface area contributed by atoms with Gasteiger partial charge in [0.25, 0.3) is 0 Å². The zero-order valence-electron chi connectivity index (χ0n) is 12.0. The average molecular weight is 322 g/mol. The van der Waals surface area contributed by atoms with Gasteiger partial charge >= 0.3 is 0 Å². The van der Waals surface area contributed by atoms with E-state index in [1.54, 1.807) is 24.3 Å². The summed E-state index contributed by atoms with van der Waals surface area (Å²) in [5, 5.41) is 4.12. The third-order valence-electron chi connectivity index (χ3n) is 2.75. The Bertz CT molecular complexity index is 698. The van der Waals surface area contributed by atoms with Crippen molar-refractivity contribution in [3.63, 3.8) is 0 Å². The molecule has 0 bridgehead atoms. The summed E-state index contributed by atoms with van der Waals surface area (Å²) in [7, 11) is -3.14. The zero-order chi connectivity index (χ0) is 15.3. The number of pyridine rings is 1. The molecule has 0 spiro atoms. The summed E-state index contributed by atoms with van der Waals surface area (Å²) >= 11 is 1.51. The number of hydrogen-bond acceptors (Lipinski definition) is 5. The lowest BCUT2D eigenvalue weighted by Gasteiger charge is -2.06. The fraction of sp³-hybridized carbons (Fsp3) is 0.267. The first-order valence-corrected chi connectivity index (χ1v) is 9.39. The van der Waals surface area contributed by atoms with Gasteiger partial charge in [0, 0.05) is 17.7 Å². The molecule has 1 N–H and O–H groups in total. The number of benzene rings is 1. The van der Waals surface area contributed by atoms with Gasteiger partial charge < -0.3 is 5.32 Å². The van der Waals surface area contributed by atoms with Crippen LogP contribution in [0, 0.1) is 0 Å². The lowest BCUT2D eigenvalue weighted by Crippen LogP contribution is -2.01. The molecule has 6 heteroatoms. The van der Waals surface area contributed by atoms with Gasteiger partial charge in [-0.15, -0.1) is 0 Å². The molecule has 0 atom stereocenters. The van der Waals surface area contributed by atoms with Crippen molar-refractivity contribution in [2.24, 2.45) is 0 Å². The van der Waals surface area contributed by atoms with Crippen LogP contribution in [0.15, 0.2) is 57.3 Å². The van der Waals surface area contributed by atoms with Gasteiger partial charge in [0.15, 0.2) is 9.84 Å². The van der Waals surface area contributed by atoms with Gasteiger partial charge in [-0.3, -0.25) is 0 Å². The van der Waals surface area contributed by atoms with Crippen LogP contribution in [0.3, 0.4) is 0 Å². The maximum absolute atomic E-state index is 11.4. The Balaban J connectivity index is 2.11. The molecule has 0 aliphatic heterocycles. The van der Waals surface area contributed by atoms with Gasteiger partial charge in [0.2, 0.25) is 0 Å². The summed E-state index contributed by atoms with van der Waals surface area (Å²) < 4.78 is 22.8. The molecule has 0 unspecified atom stereocenters. The summed E-state index contributed by atoms with van der Waals surface area (Å²) in [6, 6.07) is 12.7. The van der Waals surface area contributed by atoms with E-state index in [1.807, 2.05) is 18.2 Å². The van der Waals surface area contributed by atoms with Crippen LogP contribution in [-0.4, -0.2) is 26.2 Å². The number of anilines is 1. The van der Waals surface area contributed by atoms with Crippen LogP contribution in [0.4, 0.5) is 5.82 Å². The molecule has 112 valence electrons. The highest BCUT2D eigenvalue weighted by molar-refractivity contribution is 7.99. The zero-order valence-corrected chi connectivity index (χ0v) is 13.7. The van der Waals surface area contributed by atoms with Crippen LogP contribution in [0.5, 0.6) is 0 Å². The van der Waals surface area contributed by atoms with E-state index >= 15 is 0 Å². The van der Waals surface area contributed by atoms with Gasteiger partial charge in [-0.2, -0.15) is 0 Å². The number of nitrogens with one attached hydrogen (secondary N) is 1. The van der Waals surface area contributed by atoms with Crippen LogP contribution in [-0.2, 0) is 9.84 Å². The lowest BCUT2D eigenvalue weighted by atomic mass is 10.4. The van der Waals surface area contributed by atoms with E-state index in [0.717, 1.165) is 28.7 Å². The topological polar surface area (TPSA) is 59.1 Å². The highest BCUT2D eigenvalue weighted by atomic mass is 32.2. The highest BCUT2D eigenvalue weighted by Crippen LogP contribution is 2.27. The molecule has 2 rings (SSSR count). The lowest BCUT2D eigenvalue weighted by molar-refractivity contribution is 0.602. The van der Waals surface area contributed by atoms with E-state index in [1.165, 1.54) is 18.0 Å². The molecule has 1 heterocycles. The molecule has 0 saturated heterocycles. The summed E-state index contributed by atoms with van der Waals surface area (Å²) in [6.45, 7) is 3.00. The average Bonchev–Trinajstić information content (AvgIpc) is 2.45. The molecule has 0 aliphatic rings. The van der Waals surface area contributed by atoms with Crippen molar-refractivity contribution in [2.45, 2.75) is 28.2 Å². The van der Waals surface area contributed by atoms with E-state index in [-0.39, 0.29) is 0 Å². The molecule has 2 aromatic rings. The number of sulfone groups is 1. The monoisotopic (exact) mass is 322 g/mol. The van der Waals surface area contributed by atoms with Gasteiger partial charge in [-0.1, -0.05) is 24.8 Å². The minimum Gasteiger partial charge on any atom is -0.370 e. The molecule has 1 aromatic heterocycles. The Labute approximate surface area is 129 Å². The summed E-state index contributed by atoms with van der Waals surface area (Å²) in [5.41, 5.74) is 0. The molecule has 21 heavy (non-hydrogen) atoms. The Morgan fingerprint density at radius 2 is 1.86 bits per heavy atom.